The van der Waals surface area contributed by atoms with Crippen LogP contribution in [0.15, 0.2) is 48.7 Å². The first kappa shape index (κ1) is 14.5. The quantitative estimate of drug-likeness (QED) is 0.677. The molecule has 1 atom stereocenters. The molecule has 1 fully saturated rings. The summed E-state index contributed by atoms with van der Waals surface area (Å²) < 4.78 is 0. The second-order valence-corrected chi connectivity index (χ2v) is 5.39. The van der Waals surface area contributed by atoms with Crippen LogP contribution in [0.2, 0.25) is 0 Å². The minimum atomic E-state index is -0.328. The summed E-state index contributed by atoms with van der Waals surface area (Å²) in [5, 5.41) is 14.4. The highest BCUT2D eigenvalue weighted by atomic mass is 16.6. The molecule has 1 saturated heterocycles. The summed E-state index contributed by atoms with van der Waals surface area (Å²) in [6, 6.07) is 13.1. The van der Waals surface area contributed by atoms with Crippen molar-refractivity contribution in [2.75, 3.05) is 18.0 Å². The molecule has 0 saturated carbocycles. The van der Waals surface area contributed by atoms with Crippen LogP contribution in [-0.2, 0) is 6.54 Å². The molecule has 0 aliphatic carbocycles. The highest BCUT2D eigenvalue weighted by Crippen LogP contribution is 2.20. The van der Waals surface area contributed by atoms with Crippen LogP contribution < -0.4 is 10.2 Å². The van der Waals surface area contributed by atoms with Crippen molar-refractivity contribution in [1.29, 1.82) is 0 Å². The van der Waals surface area contributed by atoms with Crippen molar-refractivity contribution in [3.63, 3.8) is 0 Å². The van der Waals surface area contributed by atoms with Gasteiger partial charge >= 0.3 is 0 Å². The zero-order valence-corrected chi connectivity index (χ0v) is 12.2. The average Bonchev–Trinajstić information content (AvgIpc) is 3.03. The lowest BCUT2D eigenvalue weighted by molar-refractivity contribution is -0.385. The predicted molar refractivity (Wildman–Crippen MR) is 84.8 cm³/mol. The normalized spacial score (nSPS) is 17.6. The molecule has 1 aromatic carbocycles. The maximum absolute atomic E-state index is 11.0. The van der Waals surface area contributed by atoms with Crippen molar-refractivity contribution < 1.29 is 4.92 Å². The SMILES string of the molecule is O=[N+]([O-])c1ccccc1CNC1CCN(c2ccccn2)C1. The number of aromatic nitrogens is 1. The number of hydrogen-bond acceptors (Lipinski definition) is 5. The first-order valence-electron chi connectivity index (χ1n) is 7.35. The second-order valence-electron chi connectivity index (χ2n) is 5.39. The number of rotatable bonds is 5. The Hall–Kier alpha value is -2.47. The Morgan fingerprint density at radius 3 is 2.86 bits per heavy atom. The van der Waals surface area contributed by atoms with Gasteiger partial charge in [-0.15, -0.1) is 0 Å². The van der Waals surface area contributed by atoms with E-state index in [9.17, 15) is 10.1 Å². The van der Waals surface area contributed by atoms with E-state index in [-0.39, 0.29) is 10.6 Å². The zero-order chi connectivity index (χ0) is 15.4. The molecule has 114 valence electrons. The lowest BCUT2D eigenvalue weighted by Crippen LogP contribution is -2.32. The van der Waals surface area contributed by atoms with Crippen LogP contribution in [-0.4, -0.2) is 29.0 Å². The third-order valence-electron chi connectivity index (χ3n) is 3.93. The molecule has 0 spiro atoms. The lowest BCUT2D eigenvalue weighted by Gasteiger charge is -2.17. The maximum atomic E-state index is 11.0. The summed E-state index contributed by atoms with van der Waals surface area (Å²) in [5.74, 6) is 0.984. The number of pyridine rings is 1. The predicted octanol–water partition coefficient (Wildman–Crippen LogP) is 2.36. The van der Waals surface area contributed by atoms with E-state index in [1.165, 1.54) is 0 Å². The van der Waals surface area contributed by atoms with Crippen LogP contribution in [0, 0.1) is 10.1 Å². The smallest absolute Gasteiger partial charge is 0.273 e. The van der Waals surface area contributed by atoms with Gasteiger partial charge in [0.25, 0.3) is 5.69 Å². The molecule has 0 bridgehead atoms. The standard InChI is InChI=1S/C16H18N4O2/c21-20(22)15-6-2-1-5-13(15)11-18-14-8-10-19(12-14)16-7-3-4-9-17-16/h1-7,9,14,18H,8,10-12H2. The van der Waals surface area contributed by atoms with Gasteiger partial charge in [-0.3, -0.25) is 10.1 Å². The van der Waals surface area contributed by atoms with E-state index in [1.54, 1.807) is 24.4 Å². The van der Waals surface area contributed by atoms with Gasteiger partial charge in [0.1, 0.15) is 5.82 Å². The summed E-state index contributed by atoms with van der Waals surface area (Å²) in [5.41, 5.74) is 0.901. The Labute approximate surface area is 128 Å². The van der Waals surface area contributed by atoms with Crippen molar-refractivity contribution in [2.45, 2.75) is 19.0 Å². The van der Waals surface area contributed by atoms with E-state index in [0.29, 0.717) is 12.6 Å². The fourth-order valence-electron chi connectivity index (χ4n) is 2.77. The molecule has 22 heavy (non-hydrogen) atoms. The molecule has 1 aliphatic heterocycles. The molecule has 2 heterocycles. The van der Waals surface area contributed by atoms with Gasteiger partial charge in [-0.2, -0.15) is 0 Å². The Morgan fingerprint density at radius 2 is 2.09 bits per heavy atom. The molecule has 2 aromatic rings. The molecule has 1 N–H and O–H groups in total. The molecule has 0 radical (unpaired) electrons. The largest absolute Gasteiger partial charge is 0.355 e. The molecular weight excluding hydrogens is 280 g/mol. The van der Waals surface area contributed by atoms with Crippen LogP contribution in [0.4, 0.5) is 11.5 Å². The third kappa shape index (κ3) is 3.23. The minimum absolute atomic E-state index is 0.176. The van der Waals surface area contributed by atoms with Crippen molar-refractivity contribution >= 4 is 11.5 Å². The van der Waals surface area contributed by atoms with E-state index in [0.717, 1.165) is 30.9 Å². The van der Waals surface area contributed by atoms with E-state index < -0.39 is 0 Å². The first-order chi connectivity index (χ1) is 10.7. The van der Waals surface area contributed by atoms with Gasteiger partial charge in [-0.1, -0.05) is 24.3 Å². The Bertz CT molecular complexity index is 648. The fraction of sp³-hybridized carbons (Fsp3) is 0.312. The summed E-state index contributed by atoms with van der Waals surface area (Å²) in [7, 11) is 0. The highest BCUT2D eigenvalue weighted by Gasteiger charge is 2.23. The van der Waals surface area contributed by atoms with Crippen LogP contribution in [0.1, 0.15) is 12.0 Å². The van der Waals surface area contributed by atoms with E-state index in [2.05, 4.69) is 15.2 Å². The number of benzene rings is 1. The monoisotopic (exact) mass is 298 g/mol. The number of nitro groups is 1. The Balaban J connectivity index is 1.59. The van der Waals surface area contributed by atoms with E-state index >= 15 is 0 Å². The van der Waals surface area contributed by atoms with Crippen LogP contribution in [0.3, 0.4) is 0 Å². The lowest BCUT2D eigenvalue weighted by atomic mass is 10.1. The summed E-state index contributed by atoms with van der Waals surface area (Å²) in [6.07, 6.45) is 2.81. The number of hydrogen-bond donors (Lipinski definition) is 1. The number of nitro benzene ring substituents is 1. The van der Waals surface area contributed by atoms with Gasteiger partial charge in [-0.25, -0.2) is 4.98 Å². The molecule has 3 rings (SSSR count). The number of nitrogens with zero attached hydrogens (tertiary/aromatic N) is 3. The van der Waals surface area contributed by atoms with E-state index in [1.807, 2.05) is 24.3 Å². The molecule has 1 aliphatic rings. The fourth-order valence-corrected chi connectivity index (χ4v) is 2.77. The molecule has 1 unspecified atom stereocenters. The third-order valence-corrected chi connectivity index (χ3v) is 3.93. The second kappa shape index (κ2) is 6.53. The molecule has 6 heteroatoms. The average molecular weight is 298 g/mol. The molecular formula is C16H18N4O2. The highest BCUT2D eigenvalue weighted by molar-refractivity contribution is 5.41. The Morgan fingerprint density at radius 1 is 1.27 bits per heavy atom. The zero-order valence-electron chi connectivity index (χ0n) is 12.2. The van der Waals surface area contributed by atoms with Crippen molar-refractivity contribution in [3.05, 3.63) is 64.3 Å². The van der Waals surface area contributed by atoms with Crippen LogP contribution >= 0.6 is 0 Å². The van der Waals surface area contributed by atoms with Gasteiger partial charge in [0.2, 0.25) is 0 Å². The van der Waals surface area contributed by atoms with Crippen LogP contribution in [0.25, 0.3) is 0 Å². The van der Waals surface area contributed by atoms with Gasteiger partial charge < -0.3 is 10.2 Å². The molecule has 1 aromatic heterocycles. The van der Waals surface area contributed by atoms with Gasteiger partial charge in [0, 0.05) is 43.5 Å². The van der Waals surface area contributed by atoms with Gasteiger partial charge in [0.05, 0.1) is 4.92 Å². The van der Waals surface area contributed by atoms with E-state index in [4.69, 9.17) is 0 Å². The van der Waals surface area contributed by atoms with Gasteiger partial charge in [-0.05, 0) is 18.6 Å². The maximum Gasteiger partial charge on any atom is 0.273 e. The summed E-state index contributed by atoms with van der Waals surface area (Å²) in [6.45, 7) is 2.33. The summed E-state index contributed by atoms with van der Waals surface area (Å²) in [4.78, 5) is 17.3. The molecule has 6 nitrogen and oxygen atoms in total. The first-order valence-corrected chi connectivity index (χ1v) is 7.35. The number of anilines is 1. The molecule has 0 amide bonds. The van der Waals surface area contributed by atoms with Gasteiger partial charge in [0.15, 0.2) is 0 Å². The number of nitrogens with one attached hydrogen (secondary N) is 1. The topological polar surface area (TPSA) is 71.3 Å². The van der Waals surface area contributed by atoms with Crippen LogP contribution in [0.5, 0.6) is 0 Å². The van der Waals surface area contributed by atoms with Crippen molar-refractivity contribution in [3.8, 4) is 0 Å². The Kier molecular flexibility index (Phi) is 4.29. The number of para-hydroxylation sites is 1. The van der Waals surface area contributed by atoms with Crippen molar-refractivity contribution in [2.24, 2.45) is 0 Å². The minimum Gasteiger partial charge on any atom is -0.355 e. The summed E-state index contributed by atoms with van der Waals surface area (Å²) >= 11 is 0. The van der Waals surface area contributed by atoms with Crippen molar-refractivity contribution in [1.82, 2.24) is 10.3 Å².